The predicted octanol–water partition coefficient (Wildman–Crippen LogP) is 1.32. The fourth-order valence-corrected chi connectivity index (χ4v) is 3.08. The van der Waals surface area contributed by atoms with Crippen molar-refractivity contribution in [1.29, 1.82) is 5.26 Å². The maximum Gasteiger partial charge on any atom is 0.228 e. The molecule has 0 unspecified atom stereocenters. The van der Waals surface area contributed by atoms with E-state index in [2.05, 4.69) is 4.90 Å². The summed E-state index contributed by atoms with van der Waals surface area (Å²) in [5.41, 5.74) is 1.30. The molecule has 2 heterocycles. The number of nitrogens with zero attached hydrogens (tertiary/aromatic N) is 3. The summed E-state index contributed by atoms with van der Waals surface area (Å²) in [7, 11) is 0. The molecule has 2 aliphatic heterocycles. The second-order valence-electron chi connectivity index (χ2n) is 5.89. The molecule has 0 aromatic heterocycles. The highest BCUT2D eigenvalue weighted by molar-refractivity contribution is 5.80. The molecule has 1 N–H and O–H groups in total. The third kappa shape index (κ3) is 2.86. The number of likely N-dealkylation sites (tertiary alicyclic amines) is 2. The summed E-state index contributed by atoms with van der Waals surface area (Å²) in [4.78, 5) is 16.4. The molecule has 3 rings (SSSR count). The first-order valence-corrected chi connectivity index (χ1v) is 7.40. The number of carbonyl (C=O) groups excluding carboxylic acids is 1. The number of phenolic OH excluding ortho intramolecular Hbond substituents is 1. The minimum Gasteiger partial charge on any atom is -0.507 e. The van der Waals surface area contributed by atoms with E-state index in [0.29, 0.717) is 11.5 Å². The second kappa shape index (κ2) is 5.74. The molecule has 0 bridgehead atoms. The van der Waals surface area contributed by atoms with Crippen LogP contribution in [0.1, 0.15) is 24.0 Å². The van der Waals surface area contributed by atoms with E-state index in [-0.39, 0.29) is 11.7 Å². The molecule has 5 heteroatoms. The van der Waals surface area contributed by atoms with Gasteiger partial charge in [0, 0.05) is 32.7 Å². The van der Waals surface area contributed by atoms with E-state index < -0.39 is 0 Å². The van der Waals surface area contributed by atoms with Crippen molar-refractivity contribution in [2.75, 3.05) is 26.2 Å². The highest BCUT2D eigenvalue weighted by Crippen LogP contribution is 2.24. The van der Waals surface area contributed by atoms with Crippen LogP contribution in [0.5, 0.6) is 5.75 Å². The van der Waals surface area contributed by atoms with E-state index in [1.165, 1.54) is 0 Å². The molecule has 2 aliphatic rings. The molecule has 0 saturated carbocycles. The molecule has 0 spiro atoms. The van der Waals surface area contributed by atoms with Crippen LogP contribution in [-0.2, 0) is 11.3 Å². The molecule has 0 radical (unpaired) electrons. The molecule has 1 aromatic carbocycles. The minimum atomic E-state index is 0.0203. The van der Waals surface area contributed by atoms with Gasteiger partial charge in [0.15, 0.2) is 0 Å². The summed E-state index contributed by atoms with van der Waals surface area (Å²) in [5.74, 6) is 0.453. The van der Waals surface area contributed by atoms with E-state index in [1.54, 1.807) is 12.1 Å². The van der Waals surface area contributed by atoms with Crippen LogP contribution >= 0.6 is 0 Å². The van der Waals surface area contributed by atoms with Gasteiger partial charge in [-0.25, -0.2) is 0 Å². The highest BCUT2D eigenvalue weighted by atomic mass is 16.3. The molecule has 0 atom stereocenters. The van der Waals surface area contributed by atoms with Crippen molar-refractivity contribution in [2.24, 2.45) is 5.92 Å². The lowest BCUT2D eigenvalue weighted by Gasteiger charge is -2.40. The first kappa shape index (κ1) is 13.9. The Morgan fingerprint density at radius 2 is 2.05 bits per heavy atom. The van der Waals surface area contributed by atoms with Crippen molar-refractivity contribution in [1.82, 2.24) is 9.80 Å². The highest BCUT2D eigenvalue weighted by Gasteiger charge is 2.35. The number of phenols is 1. The van der Waals surface area contributed by atoms with Crippen LogP contribution in [0, 0.1) is 17.2 Å². The minimum absolute atomic E-state index is 0.0203. The Morgan fingerprint density at radius 1 is 1.33 bits per heavy atom. The lowest BCUT2D eigenvalue weighted by atomic mass is 9.97. The van der Waals surface area contributed by atoms with Gasteiger partial charge in [0.2, 0.25) is 5.91 Å². The second-order valence-corrected chi connectivity index (χ2v) is 5.89. The number of amides is 1. The Labute approximate surface area is 124 Å². The number of hydrogen-bond acceptors (Lipinski definition) is 4. The van der Waals surface area contributed by atoms with Gasteiger partial charge in [-0.2, -0.15) is 5.26 Å². The number of carbonyl (C=O) groups is 1. The Kier molecular flexibility index (Phi) is 3.80. The van der Waals surface area contributed by atoms with Crippen molar-refractivity contribution in [3.63, 3.8) is 0 Å². The maximum absolute atomic E-state index is 12.2. The van der Waals surface area contributed by atoms with Crippen molar-refractivity contribution in [3.05, 3.63) is 29.3 Å². The molecule has 21 heavy (non-hydrogen) atoms. The van der Waals surface area contributed by atoms with Crippen LogP contribution in [-0.4, -0.2) is 47.0 Å². The molecule has 5 nitrogen and oxygen atoms in total. The Morgan fingerprint density at radius 3 is 2.71 bits per heavy atom. The Balaban J connectivity index is 1.53. The summed E-state index contributed by atoms with van der Waals surface area (Å²) in [6.07, 6.45) is 2.26. The summed E-state index contributed by atoms with van der Waals surface area (Å²) in [6.45, 7) is 4.13. The van der Waals surface area contributed by atoms with E-state index in [4.69, 9.17) is 5.26 Å². The number of hydrogen-bond donors (Lipinski definition) is 1. The van der Waals surface area contributed by atoms with Crippen molar-refractivity contribution in [3.8, 4) is 11.8 Å². The average Bonchev–Trinajstić information content (AvgIpc) is 2.97. The van der Waals surface area contributed by atoms with Gasteiger partial charge in [-0.15, -0.1) is 0 Å². The predicted molar refractivity (Wildman–Crippen MR) is 77.4 cm³/mol. The number of rotatable bonds is 3. The fraction of sp³-hybridized carbons (Fsp3) is 0.500. The molecule has 110 valence electrons. The van der Waals surface area contributed by atoms with Crippen molar-refractivity contribution in [2.45, 2.75) is 19.4 Å². The van der Waals surface area contributed by atoms with E-state index in [0.717, 1.165) is 51.1 Å². The topological polar surface area (TPSA) is 67.6 Å². The third-order valence-electron chi connectivity index (χ3n) is 4.31. The third-order valence-corrected chi connectivity index (χ3v) is 4.31. The van der Waals surface area contributed by atoms with Gasteiger partial charge >= 0.3 is 0 Å². The molecular formula is C16H19N3O2. The van der Waals surface area contributed by atoms with Crippen molar-refractivity contribution >= 4 is 5.91 Å². The summed E-state index contributed by atoms with van der Waals surface area (Å²) >= 11 is 0. The van der Waals surface area contributed by atoms with E-state index in [1.807, 2.05) is 17.0 Å². The standard InChI is InChI=1S/C16H19N3O2/c17-8-13-7-12(3-4-15(13)20)9-18-10-14(11-18)16(21)19-5-1-2-6-19/h3-4,7,14,20H,1-2,5-6,9-11H2. The van der Waals surface area contributed by atoms with E-state index in [9.17, 15) is 9.90 Å². The van der Waals surface area contributed by atoms with Crippen LogP contribution in [0.4, 0.5) is 0 Å². The number of aromatic hydroxyl groups is 1. The SMILES string of the molecule is N#Cc1cc(CN2CC(C(=O)N3CCCC3)C2)ccc1O. The summed E-state index contributed by atoms with van der Waals surface area (Å²) < 4.78 is 0. The zero-order valence-electron chi connectivity index (χ0n) is 12.0. The Bertz CT molecular complexity index is 582. The van der Waals surface area contributed by atoms with Crippen LogP contribution < -0.4 is 0 Å². The lowest BCUT2D eigenvalue weighted by Crippen LogP contribution is -2.53. The number of nitriles is 1. The lowest BCUT2D eigenvalue weighted by molar-refractivity contribution is -0.140. The molecule has 1 aromatic rings. The van der Waals surface area contributed by atoms with Gasteiger partial charge in [-0.1, -0.05) is 6.07 Å². The summed E-state index contributed by atoms with van der Waals surface area (Å²) in [5, 5.41) is 18.4. The van der Waals surface area contributed by atoms with Crippen LogP contribution in [0.15, 0.2) is 18.2 Å². The van der Waals surface area contributed by atoms with Crippen molar-refractivity contribution < 1.29 is 9.90 Å². The van der Waals surface area contributed by atoms with Gasteiger partial charge in [0.25, 0.3) is 0 Å². The summed E-state index contributed by atoms with van der Waals surface area (Å²) in [6, 6.07) is 7.07. The van der Waals surface area contributed by atoms with Crippen LogP contribution in [0.3, 0.4) is 0 Å². The normalized spacial score (nSPS) is 19.3. The first-order chi connectivity index (χ1) is 10.2. The van der Waals surface area contributed by atoms with Gasteiger partial charge in [-0.05, 0) is 30.5 Å². The Hall–Kier alpha value is -2.06. The van der Waals surface area contributed by atoms with E-state index >= 15 is 0 Å². The van der Waals surface area contributed by atoms with Crippen LogP contribution in [0.25, 0.3) is 0 Å². The molecule has 1 amide bonds. The number of benzene rings is 1. The molecular weight excluding hydrogens is 266 g/mol. The van der Waals surface area contributed by atoms with Gasteiger partial charge in [0.05, 0.1) is 11.5 Å². The molecule has 2 saturated heterocycles. The first-order valence-electron chi connectivity index (χ1n) is 7.40. The van der Waals surface area contributed by atoms with Gasteiger partial charge in [0.1, 0.15) is 11.8 Å². The average molecular weight is 285 g/mol. The maximum atomic E-state index is 12.2. The van der Waals surface area contributed by atoms with Crippen LogP contribution in [0.2, 0.25) is 0 Å². The zero-order valence-corrected chi connectivity index (χ0v) is 12.0. The van der Waals surface area contributed by atoms with Gasteiger partial charge < -0.3 is 10.0 Å². The fourth-order valence-electron chi connectivity index (χ4n) is 3.08. The quantitative estimate of drug-likeness (QED) is 0.909. The zero-order chi connectivity index (χ0) is 14.8. The molecule has 0 aliphatic carbocycles. The molecule has 2 fully saturated rings. The monoisotopic (exact) mass is 285 g/mol. The largest absolute Gasteiger partial charge is 0.507 e. The smallest absolute Gasteiger partial charge is 0.228 e. The van der Waals surface area contributed by atoms with Gasteiger partial charge in [-0.3, -0.25) is 9.69 Å².